The van der Waals surface area contributed by atoms with E-state index >= 15 is 0 Å². The van der Waals surface area contributed by atoms with Crippen LogP contribution < -0.4 is 10.5 Å². The monoisotopic (exact) mass is 349 g/mol. The predicted molar refractivity (Wildman–Crippen MR) is 86.3 cm³/mol. The molecule has 0 aliphatic heterocycles. The average Bonchev–Trinajstić information content (AvgIpc) is 2.41. The lowest BCUT2D eigenvalue weighted by atomic mass is 9.93. The summed E-state index contributed by atoms with van der Waals surface area (Å²) in [7, 11) is -3.45. The highest BCUT2D eigenvalue weighted by Crippen LogP contribution is 2.19. The van der Waals surface area contributed by atoms with Gasteiger partial charge >= 0.3 is 0 Å². The number of benzene rings is 1. The molecule has 3 N–H and O–H groups in total. The maximum Gasteiger partial charge on any atom is 0.269 e. The molecule has 1 aromatic carbocycles. The quantitative estimate of drug-likeness (QED) is 0.620. The molecule has 2 rings (SSSR count). The van der Waals surface area contributed by atoms with Gasteiger partial charge in [0.15, 0.2) is 0 Å². The highest BCUT2D eigenvalue weighted by atomic mass is 35.5. The lowest BCUT2D eigenvalue weighted by molar-refractivity contribution is -0.384. The second-order valence-electron chi connectivity index (χ2n) is 5.41. The van der Waals surface area contributed by atoms with Gasteiger partial charge < -0.3 is 5.73 Å². The van der Waals surface area contributed by atoms with Crippen LogP contribution in [0.25, 0.3) is 0 Å². The second kappa shape index (κ2) is 7.87. The Balaban J connectivity index is 0.00000242. The van der Waals surface area contributed by atoms with Gasteiger partial charge in [0.1, 0.15) is 0 Å². The number of non-ortho nitro benzene ring substituents is 1. The molecule has 1 aromatic rings. The second-order valence-corrected chi connectivity index (χ2v) is 7.17. The van der Waals surface area contributed by atoms with Gasteiger partial charge in [-0.15, -0.1) is 12.4 Å². The van der Waals surface area contributed by atoms with Gasteiger partial charge in [0.25, 0.3) is 5.69 Å². The number of nitrogens with two attached hydrogens (primary N) is 1. The minimum absolute atomic E-state index is 0. The first-order valence-electron chi connectivity index (χ1n) is 6.84. The van der Waals surface area contributed by atoms with E-state index in [1.54, 1.807) is 0 Å². The highest BCUT2D eigenvalue weighted by Gasteiger charge is 2.23. The van der Waals surface area contributed by atoms with E-state index in [0.717, 1.165) is 25.7 Å². The van der Waals surface area contributed by atoms with Gasteiger partial charge in [-0.05, 0) is 31.2 Å². The minimum Gasteiger partial charge on any atom is -0.328 e. The van der Waals surface area contributed by atoms with Crippen LogP contribution in [-0.4, -0.2) is 25.4 Å². The van der Waals surface area contributed by atoms with Crippen LogP contribution in [0.1, 0.15) is 31.2 Å². The van der Waals surface area contributed by atoms with Crippen LogP contribution in [0.3, 0.4) is 0 Å². The van der Waals surface area contributed by atoms with Crippen molar-refractivity contribution in [2.24, 2.45) is 5.73 Å². The zero-order valence-corrected chi connectivity index (χ0v) is 13.6. The molecular weight excluding hydrogens is 330 g/mol. The van der Waals surface area contributed by atoms with Gasteiger partial charge in [-0.2, -0.15) is 0 Å². The number of rotatable bonds is 5. The first-order valence-corrected chi connectivity index (χ1v) is 8.50. The molecule has 7 nitrogen and oxygen atoms in total. The summed E-state index contributed by atoms with van der Waals surface area (Å²) in [5, 5.41) is 10.6. The standard InChI is InChI=1S/C13H19N3O4S.ClH/c14-11-3-5-12(6-4-11)15-21(19,20)9-10-1-7-13(8-2-10)16(17)18;/h1-2,7-8,11-12,15H,3-6,9,14H2;1H. The van der Waals surface area contributed by atoms with E-state index in [-0.39, 0.29) is 35.9 Å². The molecule has 9 heteroatoms. The number of hydrogen-bond donors (Lipinski definition) is 2. The van der Waals surface area contributed by atoms with Crippen LogP contribution in [0.5, 0.6) is 0 Å². The summed E-state index contributed by atoms with van der Waals surface area (Å²) in [6, 6.07) is 5.66. The fraction of sp³-hybridized carbons (Fsp3) is 0.538. The molecule has 1 fully saturated rings. The van der Waals surface area contributed by atoms with Gasteiger partial charge in [-0.1, -0.05) is 12.1 Å². The van der Waals surface area contributed by atoms with Crippen LogP contribution in [0.4, 0.5) is 5.69 Å². The molecule has 0 aromatic heterocycles. The smallest absolute Gasteiger partial charge is 0.269 e. The van der Waals surface area contributed by atoms with Crippen molar-refractivity contribution in [1.82, 2.24) is 4.72 Å². The summed E-state index contributed by atoms with van der Waals surface area (Å²) in [4.78, 5) is 10.0. The molecule has 0 bridgehead atoms. The number of sulfonamides is 1. The fourth-order valence-corrected chi connectivity index (χ4v) is 3.92. The van der Waals surface area contributed by atoms with Crippen LogP contribution in [0, 0.1) is 10.1 Å². The molecule has 0 spiro atoms. The number of nitrogens with zero attached hydrogens (tertiary/aromatic N) is 1. The molecule has 0 amide bonds. The Morgan fingerprint density at radius 2 is 1.73 bits per heavy atom. The number of nitro groups is 1. The summed E-state index contributed by atoms with van der Waals surface area (Å²) in [6.45, 7) is 0. The van der Waals surface area contributed by atoms with Crippen molar-refractivity contribution in [3.8, 4) is 0 Å². The Morgan fingerprint density at radius 3 is 2.23 bits per heavy atom. The summed E-state index contributed by atoms with van der Waals surface area (Å²) >= 11 is 0. The van der Waals surface area contributed by atoms with Crippen molar-refractivity contribution in [3.63, 3.8) is 0 Å². The molecule has 1 aliphatic carbocycles. The third kappa shape index (κ3) is 5.53. The van der Waals surface area contributed by atoms with Crippen molar-refractivity contribution in [1.29, 1.82) is 0 Å². The maximum atomic E-state index is 12.1. The van der Waals surface area contributed by atoms with E-state index in [1.165, 1.54) is 24.3 Å². The van der Waals surface area contributed by atoms with E-state index in [9.17, 15) is 18.5 Å². The van der Waals surface area contributed by atoms with E-state index in [0.29, 0.717) is 5.56 Å². The van der Waals surface area contributed by atoms with Gasteiger partial charge in [-0.25, -0.2) is 13.1 Å². The van der Waals surface area contributed by atoms with Crippen LogP contribution in [0.15, 0.2) is 24.3 Å². The van der Waals surface area contributed by atoms with Gasteiger partial charge in [0.05, 0.1) is 10.7 Å². The molecule has 0 radical (unpaired) electrons. The Morgan fingerprint density at radius 1 is 1.18 bits per heavy atom. The van der Waals surface area contributed by atoms with Crippen molar-refractivity contribution in [3.05, 3.63) is 39.9 Å². The first kappa shape index (κ1) is 18.8. The molecule has 0 unspecified atom stereocenters. The lowest BCUT2D eigenvalue weighted by Crippen LogP contribution is -2.40. The van der Waals surface area contributed by atoms with E-state index in [4.69, 9.17) is 5.73 Å². The molecule has 1 saturated carbocycles. The predicted octanol–water partition coefficient (Wildman–Crippen LogP) is 1.71. The molecule has 1 aliphatic rings. The van der Waals surface area contributed by atoms with Crippen LogP contribution in [-0.2, 0) is 15.8 Å². The molecule has 0 saturated heterocycles. The van der Waals surface area contributed by atoms with E-state index in [2.05, 4.69) is 4.72 Å². The Kier molecular flexibility index (Phi) is 6.73. The van der Waals surface area contributed by atoms with Crippen molar-refractivity contribution < 1.29 is 13.3 Å². The minimum atomic E-state index is -3.45. The largest absolute Gasteiger partial charge is 0.328 e. The third-order valence-corrected chi connectivity index (χ3v) is 5.03. The summed E-state index contributed by atoms with van der Waals surface area (Å²) in [5.74, 6) is -0.173. The molecular formula is C13H20ClN3O4S. The number of nitrogens with one attached hydrogen (secondary N) is 1. The normalized spacial score (nSPS) is 21.9. The Labute approximate surface area is 135 Å². The Bertz CT molecular complexity index is 598. The van der Waals surface area contributed by atoms with Gasteiger partial charge in [-0.3, -0.25) is 10.1 Å². The summed E-state index contributed by atoms with van der Waals surface area (Å²) in [6.07, 6.45) is 3.15. The number of nitro benzene ring substituents is 1. The number of halogens is 1. The molecule has 0 atom stereocenters. The van der Waals surface area contributed by atoms with Gasteiger partial charge in [0, 0.05) is 24.2 Å². The maximum absolute atomic E-state index is 12.1. The summed E-state index contributed by atoms with van der Waals surface area (Å²) in [5.41, 5.74) is 6.27. The van der Waals surface area contributed by atoms with Crippen molar-refractivity contribution in [2.45, 2.75) is 43.5 Å². The highest BCUT2D eigenvalue weighted by molar-refractivity contribution is 7.88. The number of hydrogen-bond acceptors (Lipinski definition) is 5. The van der Waals surface area contributed by atoms with E-state index < -0.39 is 14.9 Å². The van der Waals surface area contributed by atoms with Gasteiger partial charge in [0.2, 0.25) is 10.0 Å². The Hall–Kier alpha value is -1.22. The zero-order valence-electron chi connectivity index (χ0n) is 12.0. The first-order chi connectivity index (χ1) is 9.85. The van der Waals surface area contributed by atoms with Crippen molar-refractivity contribution >= 4 is 28.1 Å². The lowest BCUT2D eigenvalue weighted by Gasteiger charge is -2.26. The van der Waals surface area contributed by atoms with Crippen LogP contribution in [0.2, 0.25) is 0 Å². The van der Waals surface area contributed by atoms with Crippen molar-refractivity contribution in [2.75, 3.05) is 0 Å². The molecule has 124 valence electrons. The summed E-state index contributed by atoms with van der Waals surface area (Å²) < 4.78 is 26.9. The van der Waals surface area contributed by atoms with E-state index in [1.807, 2.05) is 0 Å². The molecule has 0 heterocycles. The van der Waals surface area contributed by atoms with Crippen LogP contribution >= 0.6 is 12.4 Å². The average molecular weight is 350 g/mol. The topological polar surface area (TPSA) is 115 Å². The third-order valence-electron chi connectivity index (χ3n) is 3.62. The molecule has 22 heavy (non-hydrogen) atoms. The zero-order chi connectivity index (χ0) is 15.5. The SMILES string of the molecule is Cl.NC1CCC(NS(=O)(=O)Cc2ccc([N+](=O)[O-])cc2)CC1. The fourth-order valence-electron chi connectivity index (χ4n) is 2.47.